The maximum atomic E-state index is 12.9. The molecule has 2 fully saturated rings. The summed E-state index contributed by atoms with van der Waals surface area (Å²) < 4.78 is 0. The Morgan fingerprint density at radius 3 is 2.45 bits per heavy atom. The number of amides is 3. The topological polar surface area (TPSA) is 66.5 Å². The van der Waals surface area contributed by atoms with Crippen LogP contribution in [0.4, 0.5) is 5.69 Å². The van der Waals surface area contributed by atoms with E-state index in [-0.39, 0.29) is 17.7 Å². The number of imide groups is 1. The van der Waals surface area contributed by atoms with Gasteiger partial charge >= 0.3 is 0 Å². The van der Waals surface area contributed by atoms with Crippen LogP contribution in [-0.2, 0) is 14.4 Å². The molecule has 5 heteroatoms. The summed E-state index contributed by atoms with van der Waals surface area (Å²) in [6.45, 7) is 3.75. The van der Waals surface area contributed by atoms with E-state index in [1.807, 2.05) is 26.0 Å². The summed E-state index contributed by atoms with van der Waals surface area (Å²) in [6, 6.07) is 8.91. The highest BCUT2D eigenvalue weighted by Gasteiger charge is 2.65. The smallest absolute Gasteiger partial charge is 0.240 e. The molecule has 3 heterocycles. The van der Waals surface area contributed by atoms with Crippen LogP contribution in [0.2, 0.25) is 0 Å². The van der Waals surface area contributed by atoms with Crippen LogP contribution in [0.15, 0.2) is 42.0 Å². The molecular weight excluding hydrogens is 280 g/mol. The van der Waals surface area contributed by atoms with Crippen molar-refractivity contribution in [3.63, 3.8) is 0 Å². The van der Waals surface area contributed by atoms with E-state index in [1.54, 1.807) is 24.3 Å². The first-order valence-corrected chi connectivity index (χ1v) is 7.39. The molecule has 1 N–H and O–H groups in total. The SMILES string of the molecule is CC1=C[C@H]2C(=O)N[C@]1(C)[C@@H]1C(=O)N(c3ccccc3)C(=O)[C@@H]12. The minimum atomic E-state index is -0.771. The van der Waals surface area contributed by atoms with Crippen molar-refractivity contribution in [3.05, 3.63) is 42.0 Å². The minimum absolute atomic E-state index is 0.162. The van der Waals surface area contributed by atoms with E-state index in [4.69, 9.17) is 0 Å². The second-order valence-corrected chi connectivity index (χ2v) is 6.42. The van der Waals surface area contributed by atoms with Crippen LogP contribution in [0.5, 0.6) is 0 Å². The second-order valence-electron chi connectivity index (χ2n) is 6.42. The Morgan fingerprint density at radius 2 is 1.77 bits per heavy atom. The van der Waals surface area contributed by atoms with E-state index in [1.165, 1.54) is 4.90 Å². The van der Waals surface area contributed by atoms with Gasteiger partial charge in [-0.2, -0.15) is 0 Å². The number of hydrogen-bond acceptors (Lipinski definition) is 3. The summed E-state index contributed by atoms with van der Waals surface area (Å²) in [5.74, 6) is -2.30. The molecule has 2 bridgehead atoms. The molecule has 1 aromatic rings. The molecule has 112 valence electrons. The van der Waals surface area contributed by atoms with E-state index in [0.717, 1.165) is 5.57 Å². The Kier molecular flexibility index (Phi) is 2.45. The van der Waals surface area contributed by atoms with Crippen molar-refractivity contribution in [2.45, 2.75) is 19.4 Å². The van der Waals surface area contributed by atoms with Crippen LogP contribution in [0.3, 0.4) is 0 Å². The molecule has 0 unspecified atom stereocenters. The van der Waals surface area contributed by atoms with E-state index in [9.17, 15) is 14.4 Å². The average Bonchev–Trinajstić information content (AvgIpc) is 2.75. The number of hydrogen-bond donors (Lipinski definition) is 1. The van der Waals surface area contributed by atoms with Gasteiger partial charge in [0.2, 0.25) is 17.7 Å². The van der Waals surface area contributed by atoms with Crippen molar-refractivity contribution in [3.8, 4) is 0 Å². The molecule has 2 saturated heterocycles. The molecule has 3 aliphatic heterocycles. The number of para-hydroxylation sites is 1. The molecule has 3 amide bonds. The fourth-order valence-electron chi connectivity index (χ4n) is 4.04. The molecule has 4 aliphatic rings. The van der Waals surface area contributed by atoms with E-state index < -0.39 is 23.3 Å². The lowest BCUT2D eigenvalue weighted by Gasteiger charge is -2.49. The first kappa shape index (κ1) is 13.2. The van der Waals surface area contributed by atoms with E-state index in [0.29, 0.717) is 5.69 Å². The van der Waals surface area contributed by atoms with Crippen molar-refractivity contribution in [2.24, 2.45) is 17.8 Å². The lowest BCUT2D eigenvalue weighted by molar-refractivity contribution is -0.140. The van der Waals surface area contributed by atoms with Gasteiger partial charge in [0, 0.05) is 0 Å². The molecule has 0 aromatic heterocycles. The van der Waals surface area contributed by atoms with Gasteiger partial charge in [-0.05, 0) is 26.0 Å². The number of carbonyl (C=O) groups is 3. The van der Waals surface area contributed by atoms with Crippen LogP contribution in [0, 0.1) is 17.8 Å². The van der Waals surface area contributed by atoms with Crippen LogP contribution in [0.25, 0.3) is 0 Å². The fourth-order valence-corrected chi connectivity index (χ4v) is 4.04. The maximum absolute atomic E-state index is 12.9. The van der Waals surface area contributed by atoms with Crippen LogP contribution in [-0.4, -0.2) is 23.3 Å². The molecular formula is C17H16N2O3. The molecule has 1 aliphatic carbocycles. The summed E-state index contributed by atoms with van der Waals surface area (Å²) in [5, 5.41) is 2.93. The largest absolute Gasteiger partial charge is 0.346 e. The number of carbonyl (C=O) groups excluding carboxylic acids is 3. The molecule has 5 nitrogen and oxygen atoms in total. The quantitative estimate of drug-likeness (QED) is 0.626. The first-order chi connectivity index (χ1) is 10.4. The highest BCUT2D eigenvalue weighted by molar-refractivity contribution is 6.24. The van der Waals surface area contributed by atoms with Gasteiger partial charge in [0.1, 0.15) is 0 Å². The van der Waals surface area contributed by atoms with Crippen molar-refractivity contribution >= 4 is 23.4 Å². The van der Waals surface area contributed by atoms with Gasteiger partial charge in [-0.3, -0.25) is 14.4 Å². The Bertz CT molecular complexity index is 740. The van der Waals surface area contributed by atoms with Gasteiger partial charge in [0.25, 0.3) is 0 Å². The lowest BCUT2D eigenvalue weighted by Crippen LogP contribution is -2.66. The zero-order valence-corrected chi connectivity index (χ0v) is 12.4. The van der Waals surface area contributed by atoms with E-state index in [2.05, 4.69) is 5.32 Å². The normalized spacial score (nSPS) is 36.3. The fraction of sp³-hybridized carbons (Fsp3) is 0.353. The first-order valence-electron chi connectivity index (χ1n) is 7.39. The van der Waals surface area contributed by atoms with Gasteiger partial charge in [0.05, 0.1) is 29.0 Å². The van der Waals surface area contributed by atoms with Gasteiger partial charge in [-0.25, -0.2) is 4.90 Å². The predicted octanol–water partition coefficient (Wildman–Crippen LogP) is 1.26. The maximum Gasteiger partial charge on any atom is 0.240 e. The monoisotopic (exact) mass is 296 g/mol. The molecule has 0 saturated carbocycles. The van der Waals surface area contributed by atoms with Crippen molar-refractivity contribution < 1.29 is 14.4 Å². The summed E-state index contributed by atoms with van der Waals surface area (Å²) in [4.78, 5) is 39.2. The number of benzene rings is 1. The Labute approximate surface area is 128 Å². The standard InChI is InChI=1S/C17H16N2O3/c1-9-8-11-12-13(17(9,2)18-14(11)20)16(22)19(15(12)21)10-6-4-3-5-7-10/h3-8,11-13H,1-2H3,(H,18,20)/t11-,12-,13+,17+/m1/s1. The highest BCUT2D eigenvalue weighted by atomic mass is 16.2. The molecule has 22 heavy (non-hydrogen) atoms. The Balaban J connectivity index is 1.86. The third-order valence-electron chi connectivity index (χ3n) is 5.31. The van der Waals surface area contributed by atoms with Gasteiger partial charge in [0.15, 0.2) is 0 Å². The molecule has 1 aromatic carbocycles. The Hall–Kier alpha value is -2.43. The lowest BCUT2D eigenvalue weighted by atomic mass is 9.61. The number of rotatable bonds is 1. The minimum Gasteiger partial charge on any atom is -0.346 e. The zero-order valence-electron chi connectivity index (χ0n) is 12.4. The van der Waals surface area contributed by atoms with Crippen molar-refractivity contribution in [1.29, 1.82) is 0 Å². The van der Waals surface area contributed by atoms with Crippen LogP contribution < -0.4 is 10.2 Å². The Morgan fingerprint density at radius 1 is 1.09 bits per heavy atom. The number of nitrogens with zero attached hydrogens (tertiary/aromatic N) is 1. The third-order valence-corrected chi connectivity index (χ3v) is 5.31. The van der Waals surface area contributed by atoms with Gasteiger partial charge in [-0.15, -0.1) is 0 Å². The predicted molar refractivity (Wildman–Crippen MR) is 79.7 cm³/mol. The number of nitrogens with one attached hydrogen (secondary N) is 1. The van der Waals surface area contributed by atoms with Crippen molar-refractivity contribution in [1.82, 2.24) is 5.32 Å². The van der Waals surface area contributed by atoms with Crippen LogP contribution >= 0.6 is 0 Å². The summed E-state index contributed by atoms with van der Waals surface area (Å²) in [6.07, 6.45) is 1.85. The molecule has 4 atom stereocenters. The van der Waals surface area contributed by atoms with Gasteiger partial charge in [-0.1, -0.05) is 29.8 Å². The summed E-state index contributed by atoms with van der Waals surface area (Å²) >= 11 is 0. The summed E-state index contributed by atoms with van der Waals surface area (Å²) in [5.41, 5.74) is 0.752. The molecule has 0 radical (unpaired) electrons. The molecule has 0 spiro atoms. The number of piperidine rings is 1. The van der Waals surface area contributed by atoms with Crippen LogP contribution in [0.1, 0.15) is 13.8 Å². The van der Waals surface area contributed by atoms with Gasteiger partial charge < -0.3 is 5.32 Å². The van der Waals surface area contributed by atoms with Crippen molar-refractivity contribution in [2.75, 3.05) is 4.90 Å². The number of fused-ring (bicyclic) bond motifs is 1. The average molecular weight is 296 g/mol. The number of anilines is 1. The second kappa shape index (κ2) is 4.06. The van der Waals surface area contributed by atoms with E-state index >= 15 is 0 Å². The summed E-state index contributed by atoms with van der Waals surface area (Å²) in [7, 11) is 0. The highest BCUT2D eigenvalue weighted by Crippen LogP contribution is 2.50. The molecule has 5 rings (SSSR count). The zero-order chi connectivity index (χ0) is 15.6. The third kappa shape index (κ3) is 1.41.